The van der Waals surface area contributed by atoms with Gasteiger partial charge in [-0.3, -0.25) is 5.32 Å². The first-order chi connectivity index (χ1) is 7.59. The van der Waals surface area contributed by atoms with E-state index in [4.69, 9.17) is 4.74 Å². The van der Waals surface area contributed by atoms with E-state index < -0.39 is 5.72 Å². The Kier molecular flexibility index (Phi) is 2.79. The number of esters is 1. The number of benzene rings is 1. The minimum atomic E-state index is -0.670. The molecule has 0 spiro atoms. The fourth-order valence-electron chi connectivity index (χ4n) is 1.74. The molecule has 0 fully saturated rings. The van der Waals surface area contributed by atoms with Gasteiger partial charge in [0.2, 0.25) is 0 Å². The SMILES string of the molecule is CC1=CC(C)(NCc2ccccc2)OC1=O. The molecule has 1 atom stereocenters. The molecule has 0 bridgehead atoms. The molecule has 1 aliphatic heterocycles. The highest BCUT2D eigenvalue weighted by Crippen LogP contribution is 2.21. The van der Waals surface area contributed by atoms with Gasteiger partial charge in [0.25, 0.3) is 0 Å². The van der Waals surface area contributed by atoms with E-state index in [9.17, 15) is 4.79 Å². The van der Waals surface area contributed by atoms with E-state index in [1.165, 1.54) is 0 Å². The Labute approximate surface area is 95.1 Å². The van der Waals surface area contributed by atoms with Crippen LogP contribution in [-0.2, 0) is 16.1 Å². The molecule has 1 aromatic rings. The molecule has 1 aliphatic rings. The minimum absolute atomic E-state index is 0.247. The zero-order valence-electron chi connectivity index (χ0n) is 9.49. The summed E-state index contributed by atoms with van der Waals surface area (Å²) in [5, 5.41) is 3.22. The van der Waals surface area contributed by atoms with Crippen molar-refractivity contribution in [1.29, 1.82) is 0 Å². The highest BCUT2D eigenvalue weighted by atomic mass is 16.6. The first-order valence-electron chi connectivity index (χ1n) is 5.31. The van der Waals surface area contributed by atoms with Crippen molar-refractivity contribution in [3.63, 3.8) is 0 Å². The Morgan fingerprint density at radius 1 is 1.31 bits per heavy atom. The average Bonchev–Trinajstić information content (AvgIpc) is 2.53. The van der Waals surface area contributed by atoms with Crippen LogP contribution < -0.4 is 5.32 Å². The molecule has 0 aliphatic carbocycles. The Hall–Kier alpha value is -1.61. The van der Waals surface area contributed by atoms with Crippen molar-refractivity contribution in [2.45, 2.75) is 26.1 Å². The van der Waals surface area contributed by atoms with Gasteiger partial charge in [0.15, 0.2) is 5.72 Å². The van der Waals surface area contributed by atoms with E-state index in [1.807, 2.05) is 43.3 Å². The molecule has 0 aromatic heterocycles. The van der Waals surface area contributed by atoms with E-state index in [0.717, 1.165) is 5.56 Å². The van der Waals surface area contributed by atoms with Gasteiger partial charge in [-0.15, -0.1) is 0 Å². The lowest BCUT2D eigenvalue weighted by molar-refractivity contribution is -0.147. The second kappa shape index (κ2) is 4.10. The zero-order chi connectivity index (χ0) is 11.6. The number of rotatable bonds is 3. The molecule has 16 heavy (non-hydrogen) atoms. The second-order valence-electron chi connectivity index (χ2n) is 4.16. The largest absolute Gasteiger partial charge is 0.437 e. The summed E-state index contributed by atoms with van der Waals surface area (Å²) in [7, 11) is 0. The maximum atomic E-state index is 11.3. The van der Waals surface area contributed by atoms with Gasteiger partial charge in [-0.05, 0) is 25.5 Å². The van der Waals surface area contributed by atoms with Gasteiger partial charge < -0.3 is 4.74 Å². The molecule has 1 unspecified atom stereocenters. The van der Waals surface area contributed by atoms with Crippen molar-refractivity contribution in [2.75, 3.05) is 0 Å². The summed E-state index contributed by atoms with van der Waals surface area (Å²) in [6, 6.07) is 10.0. The van der Waals surface area contributed by atoms with Gasteiger partial charge in [0.05, 0.1) is 0 Å². The fraction of sp³-hybridized carbons (Fsp3) is 0.308. The summed E-state index contributed by atoms with van der Waals surface area (Å²) >= 11 is 0. The molecule has 3 heteroatoms. The Morgan fingerprint density at radius 3 is 2.56 bits per heavy atom. The molecular formula is C13H15NO2. The highest BCUT2D eigenvalue weighted by molar-refractivity contribution is 5.90. The third-order valence-corrected chi connectivity index (χ3v) is 2.60. The summed E-state index contributed by atoms with van der Waals surface area (Å²) in [5.74, 6) is -0.247. The number of ether oxygens (including phenoxy) is 1. The van der Waals surface area contributed by atoms with Crippen LogP contribution in [0.15, 0.2) is 42.0 Å². The maximum Gasteiger partial charge on any atom is 0.335 e. The molecule has 1 aromatic carbocycles. The fourth-order valence-corrected chi connectivity index (χ4v) is 1.74. The number of hydrogen-bond acceptors (Lipinski definition) is 3. The van der Waals surface area contributed by atoms with Crippen molar-refractivity contribution in [3.8, 4) is 0 Å². The quantitative estimate of drug-likeness (QED) is 0.787. The lowest BCUT2D eigenvalue weighted by Gasteiger charge is -2.22. The van der Waals surface area contributed by atoms with Crippen LogP contribution in [0.25, 0.3) is 0 Å². The third-order valence-electron chi connectivity index (χ3n) is 2.60. The molecule has 0 saturated heterocycles. The van der Waals surface area contributed by atoms with Crippen molar-refractivity contribution in [2.24, 2.45) is 0 Å². The second-order valence-corrected chi connectivity index (χ2v) is 4.16. The number of cyclic esters (lactones) is 1. The summed E-state index contributed by atoms with van der Waals surface area (Å²) < 4.78 is 5.24. The van der Waals surface area contributed by atoms with Gasteiger partial charge in [-0.1, -0.05) is 30.3 Å². The van der Waals surface area contributed by atoms with Crippen LogP contribution in [0.2, 0.25) is 0 Å². The predicted octanol–water partition coefficient (Wildman–Crippen LogP) is 2.00. The van der Waals surface area contributed by atoms with E-state index in [1.54, 1.807) is 6.92 Å². The van der Waals surface area contributed by atoms with Gasteiger partial charge in [-0.2, -0.15) is 0 Å². The summed E-state index contributed by atoms with van der Waals surface area (Å²) in [4.78, 5) is 11.3. The molecule has 0 saturated carbocycles. The van der Waals surface area contributed by atoms with E-state index in [-0.39, 0.29) is 5.97 Å². The third kappa shape index (κ3) is 2.31. The molecule has 84 valence electrons. The Morgan fingerprint density at radius 2 is 2.00 bits per heavy atom. The summed E-state index contributed by atoms with van der Waals surface area (Å²) in [5.41, 5.74) is 1.15. The number of nitrogens with one attached hydrogen (secondary N) is 1. The van der Waals surface area contributed by atoms with Crippen LogP contribution in [0.3, 0.4) is 0 Å². The number of carbonyl (C=O) groups is 1. The van der Waals surface area contributed by atoms with Crippen LogP contribution in [-0.4, -0.2) is 11.7 Å². The standard InChI is InChI=1S/C13H15NO2/c1-10-8-13(2,16-12(10)15)14-9-11-6-4-3-5-7-11/h3-8,14H,9H2,1-2H3. The normalized spacial score (nSPS) is 24.1. The molecule has 2 rings (SSSR count). The number of hydrogen-bond donors (Lipinski definition) is 1. The maximum absolute atomic E-state index is 11.3. The van der Waals surface area contributed by atoms with Gasteiger partial charge >= 0.3 is 5.97 Å². The monoisotopic (exact) mass is 217 g/mol. The summed E-state index contributed by atoms with van der Waals surface area (Å²) in [6.45, 7) is 4.29. The van der Waals surface area contributed by atoms with Crippen LogP contribution >= 0.6 is 0 Å². The van der Waals surface area contributed by atoms with E-state index in [2.05, 4.69) is 5.32 Å². The molecule has 1 heterocycles. The van der Waals surface area contributed by atoms with Crippen LogP contribution in [0.4, 0.5) is 0 Å². The number of carbonyl (C=O) groups excluding carboxylic acids is 1. The predicted molar refractivity (Wildman–Crippen MR) is 61.5 cm³/mol. The minimum Gasteiger partial charge on any atom is -0.437 e. The molecule has 0 amide bonds. The topological polar surface area (TPSA) is 38.3 Å². The van der Waals surface area contributed by atoms with Gasteiger partial charge in [0, 0.05) is 12.1 Å². The van der Waals surface area contributed by atoms with E-state index in [0.29, 0.717) is 12.1 Å². The first kappa shape index (κ1) is 10.9. The smallest absolute Gasteiger partial charge is 0.335 e. The zero-order valence-corrected chi connectivity index (χ0v) is 9.49. The molecule has 3 nitrogen and oxygen atoms in total. The van der Waals surface area contributed by atoms with Gasteiger partial charge in [0.1, 0.15) is 0 Å². The van der Waals surface area contributed by atoms with Gasteiger partial charge in [-0.25, -0.2) is 4.79 Å². The average molecular weight is 217 g/mol. The summed E-state index contributed by atoms with van der Waals surface area (Å²) in [6.07, 6.45) is 1.82. The van der Waals surface area contributed by atoms with Crippen LogP contribution in [0.1, 0.15) is 19.4 Å². The Bertz CT molecular complexity index is 425. The van der Waals surface area contributed by atoms with Crippen LogP contribution in [0, 0.1) is 0 Å². The first-order valence-corrected chi connectivity index (χ1v) is 5.31. The lowest BCUT2D eigenvalue weighted by Crippen LogP contribution is -2.40. The van der Waals surface area contributed by atoms with E-state index >= 15 is 0 Å². The highest BCUT2D eigenvalue weighted by Gasteiger charge is 2.33. The molecule has 0 radical (unpaired) electrons. The lowest BCUT2D eigenvalue weighted by atomic mass is 10.1. The van der Waals surface area contributed by atoms with Crippen molar-refractivity contribution >= 4 is 5.97 Å². The van der Waals surface area contributed by atoms with Crippen molar-refractivity contribution in [3.05, 3.63) is 47.5 Å². The molecular weight excluding hydrogens is 202 g/mol. The van der Waals surface area contributed by atoms with Crippen molar-refractivity contribution < 1.29 is 9.53 Å². The Balaban J connectivity index is 1.99. The van der Waals surface area contributed by atoms with Crippen LogP contribution in [0.5, 0.6) is 0 Å². The molecule has 1 N–H and O–H groups in total. The van der Waals surface area contributed by atoms with Crippen molar-refractivity contribution in [1.82, 2.24) is 5.32 Å².